The Morgan fingerprint density at radius 3 is 2.29 bits per heavy atom. The Morgan fingerprint density at radius 2 is 1.86 bits per heavy atom. The molecule has 0 amide bonds. The summed E-state index contributed by atoms with van der Waals surface area (Å²) in [7, 11) is 0. The van der Waals surface area contributed by atoms with Gasteiger partial charge in [0, 0.05) is 7.79 Å². The van der Waals surface area contributed by atoms with Gasteiger partial charge < -0.3 is 25.5 Å². The highest BCUT2D eigenvalue weighted by molar-refractivity contribution is 5.83. The van der Waals surface area contributed by atoms with E-state index in [1.165, 1.54) is 0 Å². The number of Topliss-reactive ketones (excluding diaryl/α,β-unsaturated/α-hetero) is 1. The minimum Gasteiger partial charge on any atom is -0.394 e. The maximum atomic E-state index is 11.0. The molecule has 5 N–H and O–H groups in total. The zero-order valence-electron chi connectivity index (χ0n) is 8.58. The highest BCUT2D eigenvalue weighted by Gasteiger charge is 2.32. The van der Waals surface area contributed by atoms with Crippen molar-refractivity contribution < 1.29 is 31.7 Å². The minimum absolute atomic E-state index is 0.235. The van der Waals surface area contributed by atoms with Crippen LogP contribution < -0.4 is 0 Å². The molecule has 0 rings (SSSR count). The first-order valence-electron chi connectivity index (χ1n) is 4.81. The van der Waals surface area contributed by atoms with Crippen molar-refractivity contribution in [3.63, 3.8) is 0 Å². The van der Waals surface area contributed by atoms with E-state index in [0.29, 0.717) is 0 Å². The molecule has 0 aliphatic carbocycles. The van der Waals surface area contributed by atoms with Gasteiger partial charge in [0.1, 0.15) is 24.4 Å². The molecule has 0 heterocycles. The second-order valence-electron chi connectivity index (χ2n) is 2.89. The third-order valence-electron chi connectivity index (χ3n) is 1.83. The second-order valence-corrected chi connectivity index (χ2v) is 2.89. The van der Waals surface area contributed by atoms with Crippen LogP contribution in [0.25, 0.3) is 0 Å². The van der Waals surface area contributed by atoms with Crippen LogP contribution in [0.15, 0.2) is 0 Å². The highest BCUT2D eigenvalue weighted by Crippen LogP contribution is 2.07. The maximum absolute atomic E-state index is 11.0. The molecule has 0 fully saturated rings. The van der Waals surface area contributed by atoms with Gasteiger partial charge in [-0.3, -0.25) is 4.79 Å². The zero-order valence-corrected chi connectivity index (χ0v) is 7.58. The molecule has 84 valence electrons. The number of carbonyl (C=O) groups excluding carboxylic acids is 1. The van der Waals surface area contributed by atoms with E-state index >= 15 is 0 Å². The quantitative estimate of drug-likeness (QED) is 0.327. The van der Waals surface area contributed by atoms with Crippen LogP contribution in [0, 0.1) is 0 Å². The van der Waals surface area contributed by atoms with E-state index in [4.69, 9.17) is 16.7 Å². The van der Waals surface area contributed by atoms with Gasteiger partial charge in [-0.15, -0.1) is 0 Å². The number of hydrogen-bond acceptors (Lipinski definition) is 6. The number of aliphatic hydroxyl groups excluding tert-OH is 5. The first-order chi connectivity index (χ1) is 6.95. The predicted molar refractivity (Wildman–Crippen MR) is 46.4 cm³/mol. The number of hydrogen-bond donors (Lipinski definition) is 5. The van der Waals surface area contributed by atoms with Crippen LogP contribution in [0.4, 0.5) is 0 Å². The summed E-state index contributed by atoms with van der Waals surface area (Å²) in [5, 5.41) is 45.0. The standard InChI is InChI=1S/C8H16O6/c1-2-4(10)6(12)8(14)7(13)5(11)3-9/h5-9,11-14H,2-3H2,1H3/t5-,6+,7-,8-/m1/s1/i1D. The summed E-state index contributed by atoms with van der Waals surface area (Å²) in [6.45, 7) is -1.03. The van der Waals surface area contributed by atoms with Gasteiger partial charge in [0.05, 0.1) is 6.61 Å². The fourth-order valence-electron chi connectivity index (χ4n) is 0.861. The molecule has 0 aliphatic rings. The summed E-state index contributed by atoms with van der Waals surface area (Å²) in [6, 6.07) is 0. The van der Waals surface area contributed by atoms with E-state index in [1.54, 1.807) is 0 Å². The Bertz CT molecular complexity index is 200. The average Bonchev–Trinajstić information content (AvgIpc) is 2.25. The van der Waals surface area contributed by atoms with Gasteiger partial charge in [-0.2, -0.15) is 0 Å². The summed E-state index contributed by atoms with van der Waals surface area (Å²) in [4.78, 5) is 11.0. The lowest BCUT2D eigenvalue weighted by atomic mass is 9.99. The molecular formula is C8H16O6. The smallest absolute Gasteiger partial charge is 0.163 e. The van der Waals surface area contributed by atoms with Crippen LogP contribution in [-0.4, -0.2) is 62.3 Å². The van der Waals surface area contributed by atoms with Crippen molar-refractivity contribution in [2.24, 2.45) is 0 Å². The highest BCUT2D eigenvalue weighted by atomic mass is 16.4. The van der Waals surface area contributed by atoms with Gasteiger partial charge in [-0.25, -0.2) is 0 Å². The molecule has 0 bridgehead atoms. The largest absolute Gasteiger partial charge is 0.394 e. The van der Waals surface area contributed by atoms with Crippen molar-refractivity contribution in [3.8, 4) is 0 Å². The molecule has 6 nitrogen and oxygen atoms in total. The normalized spacial score (nSPS) is 20.8. The Hall–Kier alpha value is -0.530. The summed E-state index contributed by atoms with van der Waals surface area (Å²) >= 11 is 0. The Kier molecular flexibility index (Phi) is 4.99. The molecule has 0 aromatic heterocycles. The average molecular weight is 209 g/mol. The lowest BCUT2D eigenvalue weighted by Gasteiger charge is -2.24. The lowest BCUT2D eigenvalue weighted by Crippen LogP contribution is -2.48. The summed E-state index contributed by atoms with van der Waals surface area (Å²) < 4.78 is 6.73. The van der Waals surface area contributed by atoms with Crippen LogP contribution in [0.3, 0.4) is 0 Å². The van der Waals surface area contributed by atoms with E-state index in [9.17, 15) is 15.0 Å². The van der Waals surface area contributed by atoms with Crippen LogP contribution in [0.2, 0.25) is 0 Å². The Balaban J connectivity index is 4.29. The van der Waals surface area contributed by atoms with E-state index in [0.717, 1.165) is 0 Å². The molecule has 0 saturated heterocycles. The number of carbonyl (C=O) groups is 1. The molecule has 0 aromatic carbocycles. The predicted octanol–water partition coefficient (Wildman–Crippen LogP) is -2.60. The summed E-state index contributed by atoms with van der Waals surface area (Å²) in [6.07, 6.45) is -7.41. The monoisotopic (exact) mass is 209 g/mol. The molecule has 6 heteroatoms. The van der Waals surface area contributed by atoms with Crippen molar-refractivity contribution in [2.45, 2.75) is 37.7 Å². The third-order valence-corrected chi connectivity index (χ3v) is 1.83. The van der Waals surface area contributed by atoms with E-state index < -0.39 is 36.8 Å². The van der Waals surface area contributed by atoms with Gasteiger partial charge in [-0.1, -0.05) is 6.90 Å². The third kappa shape index (κ3) is 3.32. The van der Waals surface area contributed by atoms with Crippen molar-refractivity contribution >= 4 is 5.78 Å². The van der Waals surface area contributed by atoms with Crippen molar-refractivity contribution in [2.75, 3.05) is 6.61 Å². The lowest BCUT2D eigenvalue weighted by molar-refractivity contribution is -0.146. The molecule has 0 spiro atoms. The van der Waals surface area contributed by atoms with Gasteiger partial charge in [0.25, 0.3) is 0 Å². The molecule has 0 unspecified atom stereocenters. The van der Waals surface area contributed by atoms with Crippen molar-refractivity contribution in [3.05, 3.63) is 0 Å². The second kappa shape index (κ2) is 6.05. The van der Waals surface area contributed by atoms with Gasteiger partial charge in [0.2, 0.25) is 0 Å². The number of aliphatic hydroxyl groups is 5. The van der Waals surface area contributed by atoms with Gasteiger partial charge in [-0.05, 0) is 0 Å². The van der Waals surface area contributed by atoms with Crippen LogP contribution in [0.5, 0.6) is 0 Å². The molecule has 0 saturated carbocycles. The molecular weight excluding hydrogens is 192 g/mol. The maximum Gasteiger partial charge on any atom is 0.163 e. The van der Waals surface area contributed by atoms with E-state index in [1.807, 2.05) is 0 Å². The summed E-state index contributed by atoms with van der Waals surface area (Å²) in [5.74, 6) is -0.790. The van der Waals surface area contributed by atoms with Crippen LogP contribution >= 0.6 is 0 Å². The molecule has 0 aliphatic heterocycles. The first kappa shape index (κ1) is 11.5. The number of ketones is 1. The van der Waals surface area contributed by atoms with E-state index in [-0.39, 0.29) is 13.3 Å². The zero-order chi connectivity index (χ0) is 12.0. The fraction of sp³-hybridized carbons (Fsp3) is 0.875. The minimum atomic E-state index is -1.87. The van der Waals surface area contributed by atoms with Crippen molar-refractivity contribution in [1.29, 1.82) is 0 Å². The van der Waals surface area contributed by atoms with Gasteiger partial charge in [0.15, 0.2) is 5.78 Å². The molecule has 14 heavy (non-hydrogen) atoms. The van der Waals surface area contributed by atoms with E-state index in [2.05, 4.69) is 0 Å². The van der Waals surface area contributed by atoms with Crippen LogP contribution in [0.1, 0.15) is 14.7 Å². The molecule has 4 atom stereocenters. The SMILES string of the molecule is [2H]CCC(=O)[C@H](O)[C@@H](O)[C@H](O)[C@H](O)CO. The first-order valence-corrected chi connectivity index (χ1v) is 4.10. The fourth-order valence-corrected chi connectivity index (χ4v) is 0.861. The van der Waals surface area contributed by atoms with Crippen molar-refractivity contribution in [1.82, 2.24) is 0 Å². The summed E-state index contributed by atoms with van der Waals surface area (Å²) in [5.41, 5.74) is 0. The topological polar surface area (TPSA) is 118 Å². The van der Waals surface area contributed by atoms with Crippen LogP contribution in [-0.2, 0) is 4.79 Å². The molecule has 0 aromatic rings. The Morgan fingerprint density at radius 1 is 1.29 bits per heavy atom. The van der Waals surface area contributed by atoms with Gasteiger partial charge >= 0.3 is 0 Å². The molecule has 0 radical (unpaired) electrons. The number of rotatable bonds is 6. The Labute approximate surface area is 82.8 Å².